The Morgan fingerprint density at radius 2 is 1.92 bits per heavy atom. The molecule has 0 aliphatic carbocycles. The van der Waals surface area contributed by atoms with E-state index in [-0.39, 0.29) is 18.9 Å². The van der Waals surface area contributed by atoms with E-state index in [0.717, 1.165) is 5.69 Å². The molecule has 0 aromatic heterocycles. The molecule has 0 fully saturated rings. The third-order valence-electron chi connectivity index (χ3n) is 1.96. The van der Waals surface area contributed by atoms with Gasteiger partial charge in [0, 0.05) is 14.1 Å². The van der Waals surface area contributed by atoms with E-state index in [4.69, 9.17) is 0 Å². The maximum atomic E-state index is 3.19. The van der Waals surface area contributed by atoms with E-state index in [1.54, 1.807) is 0 Å². The SMILES string of the molecule is CC(C)c1cc[c-]c(N(C)C)c1.[Li+]. The van der Waals surface area contributed by atoms with Gasteiger partial charge in [-0.1, -0.05) is 19.5 Å². The number of hydrogen-bond donors (Lipinski definition) is 0. The Morgan fingerprint density at radius 3 is 2.38 bits per heavy atom. The predicted octanol–water partition coefficient (Wildman–Crippen LogP) is -0.320. The molecule has 1 aromatic carbocycles. The molecule has 2 heteroatoms. The Balaban J connectivity index is 0.00000144. The quantitative estimate of drug-likeness (QED) is 0.433. The van der Waals surface area contributed by atoms with Gasteiger partial charge in [0.1, 0.15) is 0 Å². The molecule has 0 aliphatic heterocycles. The molecule has 13 heavy (non-hydrogen) atoms. The molecular formula is C11H16LiN. The molecule has 1 nitrogen and oxygen atoms in total. The third-order valence-corrected chi connectivity index (χ3v) is 1.96. The van der Waals surface area contributed by atoms with Crippen molar-refractivity contribution in [3.8, 4) is 0 Å². The zero-order valence-corrected chi connectivity index (χ0v) is 9.26. The predicted molar refractivity (Wildman–Crippen MR) is 53.7 cm³/mol. The standard InChI is InChI=1S/C11H16N.Li/c1-9(2)10-6-5-7-11(8-10)12(3)4;/h5-6,8-9H,1-4H3;/q-1;+1. The van der Waals surface area contributed by atoms with Crippen molar-refractivity contribution in [2.75, 3.05) is 19.0 Å². The molecule has 0 amide bonds. The second-order valence-electron chi connectivity index (χ2n) is 3.56. The molecule has 0 spiro atoms. The second-order valence-corrected chi connectivity index (χ2v) is 3.56. The number of rotatable bonds is 2. The van der Waals surface area contributed by atoms with E-state index in [2.05, 4.69) is 36.9 Å². The van der Waals surface area contributed by atoms with Gasteiger partial charge in [-0.2, -0.15) is 23.8 Å². The van der Waals surface area contributed by atoms with Crippen molar-refractivity contribution in [2.45, 2.75) is 19.8 Å². The summed E-state index contributed by atoms with van der Waals surface area (Å²) in [6.45, 7) is 4.41. The molecule has 0 saturated heterocycles. The normalized spacial score (nSPS) is 9.62. The maximum Gasteiger partial charge on any atom is 1.00 e. The molecule has 0 aliphatic rings. The van der Waals surface area contributed by atoms with Crippen molar-refractivity contribution in [2.24, 2.45) is 0 Å². The summed E-state index contributed by atoms with van der Waals surface area (Å²) in [6, 6.07) is 9.49. The van der Waals surface area contributed by atoms with Crippen LogP contribution in [0, 0.1) is 6.07 Å². The number of anilines is 1. The van der Waals surface area contributed by atoms with Gasteiger partial charge < -0.3 is 4.90 Å². The van der Waals surface area contributed by atoms with Crippen LogP contribution in [0.2, 0.25) is 0 Å². The molecule has 1 aromatic rings. The van der Waals surface area contributed by atoms with Crippen LogP contribution in [0.3, 0.4) is 0 Å². The van der Waals surface area contributed by atoms with Crippen LogP contribution in [0.4, 0.5) is 5.69 Å². The smallest absolute Gasteiger partial charge is 0.400 e. The number of nitrogens with zero attached hydrogens (tertiary/aromatic N) is 1. The first-order valence-corrected chi connectivity index (χ1v) is 4.30. The van der Waals surface area contributed by atoms with E-state index in [1.807, 2.05) is 20.2 Å². The van der Waals surface area contributed by atoms with Gasteiger partial charge in [0.2, 0.25) is 0 Å². The van der Waals surface area contributed by atoms with Crippen LogP contribution in [0.15, 0.2) is 18.2 Å². The van der Waals surface area contributed by atoms with Crippen molar-refractivity contribution >= 4 is 5.69 Å². The van der Waals surface area contributed by atoms with Crippen LogP contribution >= 0.6 is 0 Å². The first kappa shape index (κ1) is 12.6. The monoisotopic (exact) mass is 169 g/mol. The minimum Gasteiger partial charge on any atom is -0.400 e. The average Bonchev–Trinajstić information content (AvgIpc) is 2.04. The Kier molecular flexibility index (Phi) is 5.21. The summed E-state index contributed by atoms with van der Waals surface area (Å²) in [5.41, 5.74) is 2.53. The first-order valence-electron chi connectivity index (χ1n) is 4.30. The van der Waals surface area contributed by atoms with Gasteiger partial charge in [-0.05, 0) is 5.92 Å². The molecule has 0 saturated carbocycles. The minimum atomic E-state index is 0. The Labute approximate surface area is 93.3 Å². The summed E-state index contributed by atoms with van der Waals surface area (Å²) in [5, 5.41) is 0. The minimum absolute atomic E-state index is 0. The maximum absolute atomic E-state index is 3.19. The number of hydrogen-bond acceptors (Lipinski definition) is 1. The van der Waals surface area contributed by atoms with Crippen LogP contribution < -0.4 is 23.8 Å². The van der Waals surface area contributed by atoms with E-state index in [9.17, 15) is 0 Å². The van der Waals surface area contributed by atoms with Crippen molar-refractivity contribution in [1.29, 1.82) is 0 Å². The summed E-state index contributed by atoms with van der Waals surface area (Å²) >= 11 is 0. The van der Waals surface area contributed by atoms with Gasteiger partial charge in [-0.25, -0.2) is 0 Å². The molecule has 66 valence electrons. The fourth-order valence-corrected chi connectivity index (χ4v) is 1.09. The van der Waals surface area contributed by atoms with Gasteiger partial charge >= 0.3 is 18.9 Å². The molecule has 0 bridgehead atoms. The summed E-state index contributed by atoms with van der Waals surface area (Å²) in [7, 11) is 4.08. The zero-order valence-electron chi connectivity index (χ0n) is 9.26. The zero-order chi connectivity index (χ0) is 9.14. The van der Waals surface area contributed by atoms with Crippen LogP contribution in [0.5, 0.6) is 0 Å². The second kappa shape index (κ2) is 5.37. The molecular weight excluding hydrogens is 153 g/mol. The van der Waals surface area contributed by atoms with Gasteiger partial charge in [0.25, 0.3) is 0 Å². The van der Waals surface area contributed by atoms with E-state index in [1.165, 1.54) is 5.56 Å². The Bertz CT molecular complexity index is 233. The molecule has 0 heterocycles. The van der Waals surface area contributed by atoms with Crippen molar-refractivity contribution in [3.63, 3.8) is 0 Å². The largest absolute Gasteiger partial charge is 1.00 e. The molecule has 0 N–H and O–H groups in total. The summed E-state index contributed by atoms with van der Waals surface area (Å²) in [4.78, 5) is 2.08. The fraction of sp³-hybridized carbons (Fsp3) is 0.455. The summed E-state index contributed by atoms with van der Waals surface area (Å²) in [5.74, 6) is 0.596. The van der Waals surface area contributed by atoms with E-state index in [0.29, 0.717) is 5.92 Å². The van der Waals surface area contributed by atoms with Crippen LogP contribution in [0.25, 0.3) is 0 Å². The topological polar surface area (TPSA) is 3.24 Å². The van der Waals surface area contributed by atoms with Crippen LogP contribution in [-0.4, -0.2) is 14.1 Å². The van der Waals surface area contributed by atoms with Crippen LogP contribution in [-0.2, 0) is 0 Å². The third kappa shape index (κ3) is 3.46. The Morgan fingerprint density at radius 1 is 1.31 bits per heavy atom. The van der Waals surface area contributed by atoms with Gasteiger partial charge in [0.05, 0.1) is 0 Å². The van der Waals surface area contributed by atoms with Gasteiger partial charge in [0.15, 0.2) is 0 Å². The molecule has 1 rings (SSSR count). The molecule has 0 unspecified atom stereocenters. The summed E-state index contributed by atoms with van der Waals surface area (Å²) < 4.78 is 0. The average molecular weight is 169 g/mol. The fourth-order valence-electron chi connectivity index (χ4n) is 1.09. The molecule has 0 atom stereocenters. The molecule has 0 radical (unpaired) electrons. The Hall–Kier alpha value is -0.383. The van der Waals surface area contributed by atoms with Crippen molar-refractivity contribution in [1.82, 2.24) is 0 Å². The van der Waals surface area contributed by atoms with Gasteiger partial charge in [-0.3, -0.25) is 0 Å². The van der Waals surface area contributed by atoms with E-state index < -0.39 is 0 Å². The van der Waals surface area contributed by atoms with Gasteiger partial charge in [-0.15, -0.1) is 6.07 Å². The van der Waals surface area contributed by atoms with Crippen molar-refractivity contribution in [3.05, 3.63) is 29.8 Å². The first-order chi connectivity index (χ1) is 5.61. The van der Waals surface area contributed by atoms with E-state index >= 15 is 0 Å². The van der Waals surface area contributed by atoms with Crippen molar-refractivity contribution < 1.29 is 18.9 Å². The summed E-state index contributed by atoms with van der Waals surface area (Å²) in [6.07, 6.45) is 0. The van der Waals surface area contributed by atoms with Crippen LogP contribution in [0.1, 0.15) is 25.3 Å². The number of benzene rings is 1.